The summed E-state index contributed by atoms with van der Waals surface area (Å²) >= 11 is 1.47. The molecule has 1 fully saturated rings. The number of nitrogens with one attached hydrogen (secondary N) is 1. The second kappa shape index (κ2) is 8.34. The smallest absolute Gasteiger partial charge is 0.270 e. The van der Waals surface area contributed by atoms with Gasteiger partial charge in [-0.3, -0.25) is 19.8 Å². The van der Waals surface area contributed by atoms with Gasteiger partial charge in [-0.1, -0.05) is 35.6 Å². The molecule has 0 bridgehead atoms. The number of rotatable bonds is 5. The van der Waals surface area contributed by atoms with Crippen LogP contribution in [0, 0.1) is 10.1 Å². The van der Waals surface area contributed by atoms with Crippen LogP contribution in [-0.4, -0.2) is 53.4 Å². The van der Waals surface area contributed by atoms with Gasteiger partial charge < -0.3 is 10.2 Å². The first-order chi connectivity index (χ1) is 16.5. The van der Waals surface area contributed by atoms with Crippen LogP contribution in [0.1, 0.15) is 11.1 Å². The van der Waals surface area contributed by atoms with Gasteiger partial charge in [-0.25, -0.2) is 4.98 Å². The fourth-order valence-electron chi connectivity index (χ4n) is 5.00. The van der Waals surface area contributed by atoms with Gasteiger partial charge in [0.25, 0.3) is 5.69 Å². The van der Waals surface area contributed by atoms with Crippen molar-refractivity contribution in [3.63, 3.8) is 0 Å². The molecular weight excluding hydrogens is 450 g/mol. The molecule has 0 saturated carbocycles. The Morgan fingerprint density at radius 3 is 2.65 bits per heavy atom. The summed E-state index contributed by atoms with van der Waals surface area (Å²) in [5.74, 6) is -0.000512. The first-order valence-electron chi connectivity index (χ1n) is 11.4. The van der Waals surface area contributed by atoms with Crippen LogP contribution >= 0.6 is 11.3 Å². The SMILES string of the molecule is O=C(CN1CCN(c2nc3ccc([N+](=O)[O-])cc3s2)CC1)Nc1ccc2c3c(cccc13)CC2. The normalized spacial score (nSPS) is 15.8. The number of hydrogen-bond donors (Lipinski definition) is 1. The molecule has 4 aromatic rings. The van der Waals surface area contributed by atoms with E-state index in [1.54, 1.807) is 12.1 Å². The van der Waals surface area contributed by atoms with Gasteiger partial charge in [-0.2, -0.15) is 0 Å². The van der Waals surface area contributed by atoms with E-state index >= 15 is 0 Å². The van der Waals surface area contributed by atoms with E-state index in [0.29, 0.717) is 6.54 Å². The van der Waals surface area contributed by atoms with Crippen LogP contribution in [0.15, 0.2) is 48.5 Å². The maximum Gasteiger partial charge on any atom is 0.270 e. The maximum absolute atomic E-state index is 12.8. The Labute approximate surface area is 200 Å². The van der Waals surface area contributed by atoms with E-state index in [1.807, 2.05) is 6.07 Å². The van der Waals surface area contributed by atoms with Crippen LogP contribution in [0.4, 0.5) is 16.5 Å². The Kier molecular flexibility index (Phi) is 5.15. The van der Waals surface area contributed by atoms with E-state index in [4.69, 9.17) is 0 Å². The lowest BCUT2D eigenvalue weighted by Gasteiger charge is -2.34. The highest BCUT2D eigenvalue weighted by Crippen LogP contribution is 2.35. The van der Waals surface area contributed by atoms with E-state index < -0.39 is 0 Å². The number of fused-ring (bicyclic) bond motifs is 1. The number of nitro groups is 1. The summed E-state index contributed by atoms with van der Waals surface area (Å²) in [5, 5.41) is 17.5. The molecule has 0 radical (unpaired) electrons. The van der Waals surface area contributed by atoms with Crippen LogP contribution in [0.5, 0.6) is 0 Å². The highest BCUT2D eigenvalue weighted by molar-refractivity contribution is 7.22. The molecule has 2 aliphatic rings. The van der Waals surface area contributed by atoms with Crippen molar-refractivity contribution in [2.24, 2.45) is 0 Å². The predicted octanol–water partition coefficient (Wildman–Crippen LogP) is 4.22. The van der Waals surface area contributed by atoms with Gasteiger partial charge in [0.05, 0.1) is 21.7 Å². The molecule has 6 rings (SSSR count). The Balaban J connectivity index is 1.09. The van der Waals surface area contributed by atoms with Gasteiger partial charge in [0.2, 0.25) is 5.91 Å². The van der Waals surface area contributed by atoms with Crippen LogP contribution in [-0.2, 0) is 17.6 Å². The summed E-state index contributed by atoms with van der Waals surface area (Å²) in [4.78, 5) is 32.5. The number of benzene rings is 3. The Morgan fingerprint density at radius 2 is 1.85 bits per heavy atom. The highest BCUT2D eigenvalue weighted by atomic mass is 32.1. The van der Waals surface area contributed by atoms with E-state index in [2.05, 4.69) is 44.4 Å². The van der Waals surface area contributed by atoms with Crippen LogP contribution in [0.3, 0.4) is 0 Å². The molecule has 3 aromatic carbocycles. The lowest BCUT2D eigenvalue weighted by molar-refractivity contribution is -0.384. The first kappa shape index (κ1) is 21.0. The molecule has 1 saturated heterocycles. The van der Waals surface area contributed by atoms with Crippen molar-refractivity contribution in [3.8, 4) is 0 Å². The average Bonchev–Trinajstić information content (AvgIpc) is 3.46. The number of nitrogens with zero attached hydrogens (tertiary/aromatic N) is 4. The number of anilines is 2. The largest absolute Gasteiger partial charge is 0.345 e. The van der Waals surface area contributed by atoms with Gasteiger partial charge >= 0.3 is 0 Å². The fraction of sp³-hybridized carbons (Fsp3) is 0.280. The second-order valence-electron chi connectivity index (χ2n) is 8.83. The maximum atomic E-state index is 12.8. The number of aromatic nitrogens is 1. The molecule has 172 valence electrons. The van der Waals surface area contributed by atoms with Crippen molar-refractivity contribution in [1.29, 1.82) is 0 Å². The van der Waals surface area contributed by atoms with Crippen LogP contribution in [0.25, 0.3) is 21.0 Å². The average molecular weight is 474 g/mol. The fourth-order valence-corrected chi connectivity index (χ4v) is 6.05. The van der Waals surface area contributed by atoms with Crippen molar-refractivity contribution >= 4 is 54.7 Å². The van der Waals surface area contributed by atoms with Crippen molar-refractivity contribution in [1.82, 2.24) is 9.88 Å². The summed E-state index contributed by atoms with van der Waals surface area (Å²) in [6, 6.07) is 15.3. The number of carbonyl (C=O) groups excluding carboxylic acids is 1. The van der Waals surface area contributed by atoms with Gasteiger partial charge in [0, 0.05) is 49.4 Å². The molecular formula is C25H23N5O3S. The molecule has 1 aliphatic carbocycles. The lowest BCUT2D eigenvalue weighted by atomic mass is 10.0. The number of non-ortho nitro benzene ring substituents is 1. The topological polar surface area (TPSA) is 91.6 Å². The first-order valence-corrected chi connectivity index (χ1v) is 12.2. The van der Waals surface area contributed by atoms with Gasteiger partial charge in [-0.05, 0) is 41.5 Å². The van der Waals surface area contributed by atoms with Gasteiger partial charge in [0.1, 0.15) is 0 Å². The zero-order chi connectivity index (χ0) is 23.2. The molecule has 2 heterocycles. The minimum absolute atomic E-state index is 0.000512. The number of nitro benzene ring substituents is 1. The number of carbonyl (C=O) groups is 1. The summed E-state index contributed by atoms with van der Waals surface area (Å²) in [5.41, 5.74) is 4.47. The zero-order valence-corrected chi connectivity index (χ0v) is 19.3. The minimum atomic E-state index is -0.383. The van der Waals surface area contributed by atoms with Gasteiger partial charge in [-0.15, -0.1) is 0 Å². The third-order valence-corrected chi connectivity index (χ3v) is 7.81. The van der Waals surface area contributed by atoms with Crippen LogP contribution < -0.4 is 10.2 Å². The molecule has 1 aromatic heterocycles. The number of hydrogen-bond acceptors (Lipinski definition) is 7. The van der Waals surface area contributed by atoms with Crippen molar-refractivity contribution < 1.29 is 9.72 Å². The summed E-state index contributed by atoms with van der Waals surface area (Å²) in [6.45, 7) is 3.38. The number of thiazole rings is 1. The van der Waals surface area contributed by atoms with Crippen molar-refractivity contribution in [3.05, 3.63) is 69.8 Å². The van der Waals surface area contributed by atoms with Crippen LogP contribution in [0.2, 0.25) is 0 Å². The summed E-state index contributed by atoms with van der Waals surface area (Å²) in [6.07, 6.45) is 2.14. The third-order valence-electron chi connectivity index (χ3n) is 6.73. The molecule has 8 nitrogen and oxygen atoms in total. The molecule has 1 amide bonds. The van der Waals surface area contributed by atoms with E-state index in [-0.39, 0.29) is 16.5 Å². The van der Waals surface area contributed by atoms with E-state index in [9.17, 15) is 14.9 Å². The molecule has 1 aliphatic heterocycles. The molecule has 9 heteroatoms. The van der Waals surface area contributed by atoms with Crippen molar-refractivity contribution in [2.45, 2.75) is 12.8 Å². The van der Waals surface area contributed by atoms with E-state index in [1.165, 1.54) is 33.9 Å². The summed E-state index contributed by atoms with van der Waals surface area (Å²) < 4.78 is 0.816. The zero-order valence-electron chi connectivity index (χ0n) is 18.5. The molecule has 34 heavy (non-hydrogen) atoms. The minimum Gasteiger partial charge on any atom is -0.345 e. The number of aryl methyl sites for hydroxylation is 2. The van der Waals surface area contributed by atoms with E-state index in [0.717, 1.165) is 65.4 Å². The molecule has 0 atom stereocenters. The Morgan fingerprint density at radius 1 is 1.06 bits per heavy atom. The van der Waals surface area contributed by atoms with Gasteiger partial charge in [0.15, 0.2) is 5.13 Å². The lowest BCUT2D eigenvalue weighted by Crippen LogP contribution is -2.48. The Hall–Kier alpha value is -3.56. The standard InChI is InChI=1S/C25H23N5O3S/c31-23(26-20-8-6-17-5-4-16-2-1-3-19(20)24(16)17)15-28-10-12-29(13-11-28)25-27-21-9-7-18(30(32)33)14-22(21)34-25/h1-3,6-9,14H,4-5,10-13,15H2,(H,26,31). The monoisotopic (exact) mass is 473 g/mol. The third kappa shape index (κ3) is 3.76. The predicted molar refractivity (Wildman–Crippen MR) is 135 cm³/mol. The summed E-state index contributed by atoms with van der Waals surface area (Å²) in [7, 11) is 0. The highest BCUT2D eigenvalue weighted by Gasteiger charge is 2.23. The second-order valence-corrected chi connectivity index (χ2v) is 9.84. The van der Waals surface area contributed by atoms with Crippen molar-refractivity contribution in [2.75, 3.05) is 42.9 Å². The Bertz CT molecular complexity index is 1430. The molecule has 1 N–H and O–H groups in total. The molecule has 0 spiro atoms. The number of piperazine rings is 1. The quantitative estimate of drug-likeness (QED) is 0.345. The number of amides is 1. The molecule has 0 unspecified atom stereocenters.